The maximum absolute atomic E-state index is 13.5. The molecule has 0 N–H and O–H groups in total. The van der Waals surface area contributed by atoms with E-state index in [0.29, 0.717) is 6.07 Å². The number of nitro groups is 1. The van der Waals surface area contributed by atoms with E-state index in [1.54, 1.807) is 0 Å². The number of aliphatic imine (C=N–C) groups is 1. The fraction of sp³-hybridized carbons (Fsp3) is 0.222. The third kappa shape index (κ3) is 2.09. The Morgan fingerprint density at radius 1 is 1.50 bits per heavy atom. The number of isocyanates is 1. The van der Waals surface area contributed by atoms with Crippen LogP contribution in [0.5, 0.6) is 0 Å². The lowest BCUT2D eigenvalue weighted by Gasteiger charge is -2.07. The summed E-state index contributed by atoms with van der Waals surface area (Å²) in [7, 11) is 0. The average molecular weight is 228 g/mol. The van der Waals surface area contributed by atoms with Gasteiger partial charge in [-0.15, -0.1) is 0 Å². The van der Waals surface area contributed by atoms with Gasteiger partial charge in [0.2, 0.25) is 11.9 Å². The highest BCUT2D eigenvalue weighted by Crippen LogP contribution is 2.29. The van der Waals surface area contributed by atoms with Crippen LogP contribution in [0.15, 0.2) is 17.1 Å². The molecule has 0 radical (unpaired) electrons. The van der Waals surface area contributed by atoms with Crippen LogP contribution in [0.1, 0.15) is 18.5 Å². The Bertz CT molecular complexity index is 484. The first-order chi connectivity index (χ1) is 7.49. The summed E-state index contributed by atoms with van der Waals surface area (Å²) in [6, 6.07) is 0.316. The van der Waals surface area contributed by atoms with Gasteiger partial charge in [-0.2, -0.15) is 9.38 Å². The van der Waals surface area contributed by atoms with Crippen molar-refractivity contribution in [1.82, 2.24) is 0 Å². The first kappa shape index (κ1) is 11.9. The molecule has 0 amide bonds. The Morgan fingerprint density at radius 2 is 2.12 bits per heavy atom. The maximum atomic E-state index is 13.5. The first-order valence-electron chi connectivity index (χ1n) is 4.18. The molecule has 5 nitrogen and oxygen atoms in total. The van der Waals surface area contributed by atoms with E-state index < -0.39 is 33.9 Å². The number of rotatable bonds is 3. The lowest BCUT2D eigenvalue weighted by Crippen LogP contribution is -2.03. The quantitative estimate of drug-likeness (QED) is 0.344. The van der Waals surface area contributed by atoms with Crippen molar-refractivity contribution in [2.24, 2.45) is 4.99 Å². The zero-order valence-corrected chi connectivity index (χ0v) is 8.11. The van der Waals surface area contributed by atoms with Crippen LogP contribution in [-0.2, 0) is 4.79 Å². The van der Waals surface area contributed by atoms with Crippen LogP contribution in [0, 0.1) is 21.7 Å². The van der Waals surface area contributed by atoms with Crippen LogP contribution in [0.3, 0.4) is 0 Å². The molecule has 0 heterocycles. The summed E-state index contributed by atoms with van der Waals surface area (Å²) < 4.78 is 26.7. The third-order valence-corrected chi connectivity index (χ3v) is 1.97. The maximum Gasteiger partial charge on any atom is 0.305 e. The van der Waals surface area contributed by atoms with E-state index >= 15 is 0 Å². The molecule has 1 aromatic carbocycles. The molecule has 0 bridgehead atoms. The van der Waals surface area contributed by atoms with Gasteiger partial charge < -0.3 is 0 Å². The highest BCUT2D eigenvalue weighted by Gasteiger charge is 2.24. The Hall–Kier alpha value is -2.14. The van der Waals surface area contributed by atoms with Crippen LogP contribution in [0.25, 0.3) is 0 Å². The number of nitrogens with zero attached hydrogens (tertiary/aromatic N) is 2. The number of halogens is 2. The lowest BCUT2D eigenvalue weighted by molar-refractivity contribution is -0.387. The van der Waals surface area contributed by atoms with Gasteiger partial charge in [-0.3, -0.25) is 10.1 Å². The summed E-state index contributed by atoms with van der Waals surface area (Å²) >= 11 is 0. The number of benzene rings is 1. The van der Waals surface area contributed by atoms with Gasteiger partial charge in [0.1, 0.15) is 5.82 Å². The van der Waals surface area contributed by atoms with Crippen molar-refractivity contribution in [2.45, 2.75) is 13.0 Å². The van der Waals surface area contributed by atoms with Crippen LogP contribution in [0.4, 0.5) is 14.5 Å². The monoisotopic (exact) mass is 228 g/mol. The minimum absolute atomic E-state index is 0.613. The van der Waals surface area contributed by atoms with E-state index in [9.17, 15) is 23.7 Å². The average Bonchev–Trinajstić information content (AvgIpc) is 2.17. The van der Waals surface area contributed by atoms with Gasteiger partial charge in [-0.1, -0.05) is 0 Å². The van der Waals surface area contributed by atoms with Crippen molar-refractivity contribution in [2.75, 3.05) is 0 Å². The zero-order valence-electron chi connectivity index (χ0n) is 8.11. The predicted molar refractivity (Wildman–Crippen MR) is 49.5 cm³/mol. The Balaban J connectivity index is 3.42. The molecule has 16 heavy (non-hydrogen) atoms. The molecule has 84 valence electrons. The van der Waals surface area contributed by atoms with Crippen molar-refractivity contribution in [3.05, 3.63) is 39.4 Å². The molecule has 1 aromatic rings. The van der Waals surface area contributed by atoms with Gasteiger partial charge in [-0.05, 0) is 13.0 Å². The summed E-state index contributed by atoms with van der Waals surface area (Å²) in [5.74, 6) is -2.31. The smallest absolute Gasteiger partial charge is 0.258 e. The largest absolute Gasteiger partial charge is 0.305 e. The molecule has 0 saturated carbocycles. The van der Waals surface area contributed by atoms with Gasteiger partial charge in [0, 0.05) is 6.07 Å². The molecule has 0 aliphatic heterocycles. The second-order valence-corrected chi connectivity index (χ2v) is 2.95. The highest BCUT2D eigenvalue weighted by molar-refractivity contribution is 5.41. The van der Waals surface area contributed by atoms with Crippen molar-refractivity contribution in [1.29, 1.82) is 0 Å². The molecule has 1 atom stereocenters. The predicted octanol–water partition coefficient (Wildman–Crippen LogP) is 2.27. The second kappa shape index (κ2) is 4.59. The Kier molecular flexibility index (Phi) is 3.42. The van der Waals surface area contributed by atoms with E-state index in [1.807, 2.05) is 0 Å². The summed E-state index contributed by atoms with van der Waals surface area (Å²) in [4.78, 5) is 22.5. The Labute approximate surface area is 88.6 Å². The van der Waals surface area contributed by atoms with Crippen LogP contribution in [-0.4, -0.2) is 11.0 Å². The van der Waals surface area contributed by atoms with Crippen LogP contribution < -0.4 is 0 Å². The third-order valence-electron chi connectivity index (χ3n) is 1.97. The summed E-state index contributed by atoms with van der Waals surface area (Å²) in [5, 5.41) is 10.4. The SMILES string of the molecule is CC(N=C=O)c1c(F)ccc([N+](=O)[O-])c1F. The number of nitro benzene ring substituents is 1. The minimum Gasteiger partial charge on any atom is -0.258 e. The molecule has 0 spiro atoms. The topological polar surface area (TPSA) is 72.6 Å². The molecule has 0 aliphatic rings. The van der Waals surface area contributed by atoms with Gasteiger partial charge in [0.15, 0.2) is 0 Å². The molecule has 1 rings (SSSR count). The van der Waals surface area contributed by atoms with Gasteiger partial charge in [0.05, 0.1) is 16.5 Å². The lowest BCUT2D eigenvalue weighted by atomic mass is 10.1. The fourth-order valence-corrected chi connectivity index (χ4v) is 1.23. The zero-order chi connectivity index (χ0) is 12.3. The number of hydrogen-bond donors (Lipinski definition) is 0. The van der Waals surface area contributed by atoms with Crippen molar-refractivity contribution < 1.29 is 18.5 Å². The normalized spacial score (nSPS) is 11.7. The van der Waals surface area contributed by atoms with Crippen molar-refractivity contribution in [3.63, 3.8) is 0 Å². The van der Waals surface area contributed by atoms with E-state index in [2.05, 4.69) is 4.99 Å². The molecule has 0 aromatic heterocycles. The van der Waals surface area contributed by atoms with Crippen molar-refractivity contribution >= 4 is 11.8 Å². The summed E-state index contributed by atoms with van der Waals surface area (Å²) in [6.45, 7) is 1.23. The Morgan fingerprint density at radius 3 is 2.62 bits per heavy atom. The van der Waals surface area contributed by atoms with E-state index in [-0.39, 0.29) is 0 Å². The molecule has 0 saturated heterocycles. The van der Waals surface area contributed by atoms with Crippen molar-refractivity contribution in [3.8, 4) is 0 Å². The van der Waals surface area contributed by atoms with Crippen LogP contribution in [0.2, 0.25) is 0 Å². The van der Waals surface area contributed by atoms with Gasteiger partial charge in [0.25, 0.3) is 0 Å². The molecule has 1 unspecified atom stereocenters. The van der Waals surface area contributed by atoms with E-state index in [4.69, 9.17) is 0 Å². The minimum atomic E-state index is -1.32. The van der Waals surface area contributed by atoms with E-state index in [0.717, 1.165) is 12.1 Å². The van der Waals surface area contributed by atoms with E-state index in [1.165, 1.54) is 6.92 Å². The van der Waals surface area contributed by atoms with Gasteiger partial charge in [-0.25, -0.2) is 9.18 Å². The molecular formula is C9H6F2N2O3. The molecule has 0 aliphatic carbocycles. The number of carbonyl (C=O) groups excluding carboxylic acids is 1. The molecular weight excluding hydrogens is 222 g/mol. The standard InChI is InChI=1S/C9H6F2N2O3/c1-5(12-4-14)8-6(10)2-3-7(9(8)11)13(15)16/h2-3,5H,1H3. The second-order valence-electron chi connectivity index (χ2n) is 2.95. The summed E-state index contributed by atoms with van der Waals surface area (Å²) in [5.41, 5.74) is -1.47. The fourth-order valence-electron chi connectivity index (χ4n) is 1.23. The molecule has 7 heteroatoms. The van der Waals surface area contributed by atoms with Crippen LogP contribution >= 0.6 is 0 Å². The molecule has 0 fully saturated rings. The highest BCUT2D eigenvalue weighted by atomic mass is 19.1. The summed E-state index contributed by atoms with van der Waals surface area (Å²) in [6.07, 6.45) is 1.14. The first-order valence-corrected chi connectivity index (χ1v) is 4.18. The number of hydrogen-bond acceptors (Lipinski definition) is 4. The van der Waals surface area contributed by atoms with Gasteiger partial charge >= 0.3 is 5.69 Å².